The van der Waals surface area contributed by atoms with Crippen molar-refractivity contribution in [2.24, 2.45) is 0 Å². The highest BCUT2D eigenvalue weighted by atomic mass is 16.6. The van der Waals surface area contributed by atoms with Gasteiger partial charge >= 0.3 is 5.97 Å². The summed E-state index contributed by atoms with van der Waals surface area (Å²) in [4.78, 5) is 26.1. The highest BCUT2D eigenvalue weighted by molar-refractivity contribution is 5.85. The lowest BCUT2D eigenvalue weighted by Crippen LogP contribution is -2.32. The molecule has 0 radical (unpaired) electrons. The monoisotopic (exact) mass is 363 g/mol. The Hall–Kier alpha value is -3.34. The van der Waals surface area contributed by atoms with Crippen molar-refractivity contribution in [3.8, 4) is 5.75 Å². The van der Waals surface area contributed by atoms with Crippen LogP contribution in [0.15, 0.2) is 72.8 Å². The normalized spacial score (nSPS) is 11.6. The average molecular weight is 363 g/mol. The molecule has 5 heteroatoms. The Bertz CT molecular complexity index is 937. The number of hydrogen-bond acceptors (Lipinski definition) is 4. The Labute approximate surface area is 158 Å². The van der Waals surface area contributed by atoms with Crippen molar-refractivity contribution in [1.82, 2.24) is 4.90 Å². The van der Waals surface area contributed by atoms with Gasteiger partial charge in [0.1, 0.15) is 5.75 Å². The zero-order chi connectivity index (χ0) is 19.2. The predicted molar refractivity (Wildman–Crippen MR) is 103 cm³/mol. The van der Waals surface area contributed by atoms with Crippen molar-refractivity contribution in [3.05, 3.63) is 78.4 Å². The molecule has 3 aromatic carbocycles. The lowest BCUT2D eigenvalue weighted by Gasteiger charge is -2.21. The van der Waals surface area contributed by atoms with E-state index in [9.17, 15) is 9.59 Å². The van der Waals surface area contributed by atoms with Crippen molar-refractivity contribution >= 4 is 22.6 Å². The van der Waals surface area contributed by atoms with Gasteiger partial charge in [-0.05, 0) is 22.9 Å². The topological polar surface area (TPSA) is 55.8 Å². The van der Waals surface area contributed by atoms with Crippen LogP contribution in [0.3, 0.4) is 0 Å². The summed E-state index contributed by atoms with van der Waals surface area (Å²) in [7, 11) is 3.25. The molecule has 0 aliphatic rings. The molecule has 0 saturated heterocycles. The number of hydrogen-bond donors (Lipinski definition) is 0. The van der Waals surface area contributed by atoms with Crippen molar-refractivity contribution in [2.75, 3.05) is 20.7 Å². The van der Waals surface area contributed by atoms with Gasteiger partial charge in [-0.1, -0.05) is 60.7 Å². The second-order valence-electron chi connectivity index (χ2n) is 6.31. The van der Waals surface area contributed by atoms with E-state index in [0.29, 0.717) is 11.3 Å². The summed E-state index contributed by atoms with van der Waals surface area (Å²) in [6.45, 7) is -0.275. The second kappa shape index (κ2) is 8.36. The SMILES string of the molecule is CN(C)C(=O)[C@H](OC(=O)COc1ccc2ccccc2c1)c1ccccc1. The average Bonchev–Trinajstić information content (AvgIpc) is 2.70. The lowest BCUT2D eigenvalue weighted by atomic mass is 10.1. The number of amides is 1. The molecular weight excluding hydrogens is 342 g/mol. The van der Waals surface area contributed by atoms with Gasteiger partial charge < -0.3 is 14.4 Å². The number of fused-ring (bicyclic) bond motifs is 1. The van der Waals surface area contributed by atoms with Crippen LogP contribution in [0.25, 0.3) is 10.8 Å². The van der Waals surface area contributed by atoms with Gasteiger partial charge in [0, 0.05) is 19.7 Å². The van der Waals surface area contributed by atoms with Gasteiger partial charge in [0.05, 0.1) is 0 Å². The molecule has 3 rings (SSSR count). The van der Waals surface area contributed by atoms with Gasteiger partial charge in [-0.3, -0.25) is 4.79 Å². The maximum Gasteiger partial charge on any atom is 0.345 e. The quantitative estimate of drug-likeness (QED) is 0.628. The number of ether oxygens (including phenoxy) is 2. The molecule has 0 fully saturated rings. The second-order valence-corrected chi connectivity index (χ2v) is 6.31. The van der Waals surface area contributed by atoms with Crippen LogP contribution >= 0.6 is 0 Å². The number of likely N-dealkylation sites (N-methyl/N-ethyl adjacent to an activating group) is 1. The molecule has 0 saturated carbocycles. The molecule has 0 aromatic heterocycles. The smallest absolute Gasteiger partial charge is 0.345 e. The van der Waals surface area contributed by atoms with Crippen LogP contribution in [0.5, 0.6) is 5.75 Å². The minimum atomic E-state index is -0.992. The maximum absolute atomic E-state index is 12.4. The number of rotatable bonds is 6. The third kappa shape index (κ3) is 4.64. The number of carbonyl (C=O) groups excluding carboxylic acids is 2. The molecule has 1 atom stereocenters. The third-order valence-electron chi connectivity index (χ3n) is 4.09. The van der Waals surface area contributed by atoms with E-state index in [0.717, 1.165) is 10.8 Å². The Balaban J connectivity index is 1.67. The highest BCUT2D eigenvalue weighted by Gasteiger charge is 2.26. The molecule has 3 aromatic rings. The minimum absolute atomic E-state index is 0.275. The summed E-state index contributed by atoms with van der Waals surface area (Å²) in [5, 5.41) is 2.11. The van der Waals surface area contributed by atoms with E-state index in [1.165, 1.54) is 4.90 Å². The van der Waals surface area contributed by atoms with Gasteiger partial charge in [0.2, 0.25) is 6.10 Å². The van der Waals surface area contributed by atoms with E-state index in [-0.39, 0.29) is 12.5 Å². The van der Waals surface area contributed by atoms with Gasteiger partial charge in [-0.2, -0.15) is 0 Å². The zero-order valence-electron chi connectivity index (χ0n) is 15.3. The fourth-order valence-electron chi connectivity index (χ4n) is 2.69. The molecule has 5 nitrogen and oxygen atoms in total. The number of benzene rings is 3. The van der Waals surface area contributed by atoms with Crippen LogP contribution in [0.2, 0.25) is 0 Å². The Morgan fingerprint density at radius 3 is 2.26 bits per heavy atom. The van der Waals surface area contributed by atoms with Crippen LogP contribution in [-0.2, 0) is 14.3 Å². The van der Waals surface area contributed by atoms with Crippen LogP contribution in [0, 0.1) is 0 Å². The van der Waals surface area contributed by atoms with Gasteiger partial charge in [-0.25, -0.2) is 4.79 Å². The summed E-state index contributed by atoms with van der Waals surface area (Å²) in [6.07, 6.45) is -0.992. The summed E-state index contributed by atoms with van der Waals surface area (Å²) >= 11 is 0. The van der Waals surface area contributed by atoms with Gasteiger partial charge in [0.25, 0.3) is 5.91 Å². The first-order valence-corrected chi connectivity index (χ1v) is 8.62. The van der Waals surface area contributed by atoms with Crippen LogP contribution < -0.4 is 4.74 Å². The molecule has 0 aliphatic heterocycles. The Morgan fingerprint density at radius 1 is 0.889 bits per heavy atom. The summed E-state index contributed by atoms with van der Waals surface area (Å²) < 4.78 is 11.0. The van der Waals surface area contributed by atoms with E-state index in [2.05, 4.69) is 0 Å². The van der Waals surface area contributed by atoms with Crippen molar-refractivity contribution < 1.29 is 19.1 Å². The summed E-state index contributed by atoms with van der Waals surface area (Å²) in [5.41, 5.74) is 0.621. The third-order valence-corrected chi connectivity index (χ3v) is 4.09. The molecule has 1 amide bonds. The Morgan fingerprint density at radius 2 is 1.56 bits per heavy atom. The van der Waals surface area contributed by atoms with Crippen LogP contribution in [0.1, 0.15) is 11.7 Å². The van der Waals surface area contributed by atoms with Crippen molar-refractivity contribution in [2.45, 2.75) is 6.10 Å². The fourth-order valence-corrected chi connectivity index (χ4v) is 2.69. The molecule has 138 valence electrons. The van der Waals surface area contributed by atoms with Gasteiger partial charge in [0.15, 0.2) is 6.61 Å². The summed E-state index contributed by atoms with van der Waals surface area (Å²) in [5.74, 6) is -0.340. The first-order chi connectivity index (χ1) is 13.0. The number of esters is 1. The predicted octanol–water partition coefficient (Wildman–Crippen LogP) is 3.59. The molecule has 0 N–H and O–H groups in total. The fraction of sp³-hybridized carbons (Fsp3) is 0.182. The van der Waals surface area contributed by atoms with E-state index < -0.39 is 12.1 Å². The zero-order valence-corrected chi connectivity index (χ0v) is 15.3. The molecule has 0 bridgehead atoms. The van der Waals surface area contributed by atoms with Gasteiger partial charge in [-0.15, -0.1) is 0 Å². The Kier molecular flexibility index (Phi) is 5.71. The van der Waals surface area contributed by atoms with Crippen LogP contribution in [-0.4, -0.2) is 37.5 Å². The van der Waals surface area contributed by atoms with E-state index in [1.54, 1.807) is 44.4 Å². The maximum atomic E-state index is 12.4. The molecule has 0 aliphatic carbocycles. The van der Waals surface area contributed by atoms with Crippen molar-refractivity contribution in [3.63, 3.8) is 0 Å². The largest absolute Gasteiger partial charge is 0.482 e. The molecule has 27 heavy (non-hydrogen) atoms. The van der Waals surface area contributed by atoms with E-state index in [4.69, 9.17) is 9.47 Å². The standard InChI is InChI=1S/C22H21NO4/c1-23(2)22(25)21(17-9-4-3-5-10-17)27-20(24)15-26-19-13-12-16-8-6-7-11-18(16)14-19/h3-14,21H,15H2,1-2H3/t21-/m1/s1. The van der Waals surface area contributed by atoms with Crippen LogP contribution in [0.4, 0.5) is 0 Å². The molecule has 0 unspecified atom stereocenters. The molecule has 0 spiro atoms. The molecular formula is C22H21NO4. The lowest BCUT2D eigenvalue weighted by molar-refractivity contribution is -0.161. The number of nitrogens with zero attached hydrogens (tertiary/aromatic N) is 1. The summed E-state index contributed by atoms with van der Waals surface area (Å²) in [6, 6.07) is 22.4. The minimum Gasteiger partial charge on any atom is -0.482 e. The van der Waals surface area contributed by atoms with E-state index in [1.807, 2.05) is 42.5 Å². The molecule has 0 heterocycles. The first-order valence-electron chi connectivity index (χ1n) is 8.62. The van der Waals surface area contributed by atoms with E-state index >= 15 is 0 Å². The van der Waals surface area contributed by atoms with Crippen molar-refractivity contribution in [1.29, 1.82) is 0 Å². The first kappa shape index (κ1) is 18.5. The number of carbonyl (C=O) groups is 2. The highest BCUT2D eigenvalue weighted by Crippen LogP contribution is 2.22.